The summed E-state index contributed by atoms with van der Waals surface area (Å²) < 4.78 is 0. The first-order valence-corrected chi connectivity index (χ1v) is 7.22. The molecule has 1 fully saturated rings. The number of carbonyl (C=O) groups excluding carboxylic acids is 1. The van der Waals surface area contributed by atoms with Gasteiger partial charge in [-0.2, -0.15) is 0 Å². The van der Waals surface area contributed by atoms with Gasteiger partial charge in [0.2, 0.25) is 5.91 Å². The second-order valence-electron chi connectivity index (χ2n) is 5.69. The van der Waals surface area contributed by atoms with Crippen LogP contribution in [-0.4, -0.2) is 36.1 Å². The topological polar surface area (TPSA) is 57.3 Å². The molecule has 2 rings (SSSR count). The van der Waals surface area contributed by atoms with Crippen LogP contribution in [0.25, 0.3) is 0 Å². The van der Waals surface area contributed by atoms with E-state index in [9.17, 15) is 4.79 Å². The lowest BCUT2D eigenvalue weighted by molar-refractivity contribution is -0.126. The van der Waals surface area contributed by atoms with Gasteiger partial charge in [-0.15, -0.1) is 0 Å². The average molecular weight is 276 g/mol. The van der Waals surface area contributed by atoms with E-state index in [2.05, 4.69) is 40.4 Å². The third-order valence-electron chi connectivity index (χ3n) is 3.91. The van der Waals surface area contributed by atoms with Crippen LogP contribution in [0, 0.1) is 0 Å². The predicted octanol–water partition coefficient (Wildman–Crippen LogP) is 1.47. The molecule has 5 nitrogen and oxygen atoms in total. The van der Waals surface area contributed by atoms with Crippen LogP contribution in [0.2, 0.25) is 0 Å². The Bertz CT molecular complexity index is 487. The van der Waals surface area contributed by atoms with Crippen molar-refractivity contribution in [2.24, 2.45) is 0 Å². The van der Waals surface area contributed by atoms with Gasteiger partial charge >= 0.3 is 0 Å². The highest BCUT2D eigenvalue weighted by Gasteiger charge is 2.38. The highest BCUT2D eigenvalue weighted by Crippen LogP contribution is 2.26. The summed E-state index contributed by atoms with van der Waals surface area (Å²) in [5.41, 5.74) is 0.629. The lowest BCUT2D eigenvalue weighted by Gasteiger charge is -2.42. The molecule has 20 heavy (non-hydrogen) atoms. The van der Waals surface area contributed by atoms with E-state index in [1.165, 1.54) is 5.56 Å². The Morgan fingerprint density at radius 2 is 2.30 bits per heavy atom. The highest BCUT2D eigenvalue weighted by molar-refractivity contribution is 5.90. The minimum absolute atomic E-state index is 0.0516. The van der Waals surface area contributed by atoms with Crippen molar-refractivity contribution in [1.29, 1.82) is 0 Å². The SMILES string of the molecule is CCNC(C)c1ccnc(N2CCNC(=O)C2(C)C)c1. The van der Waals surface area contributed by atoms with Crippen molar-refractivity contribution in [2.75, 3.05) is 24.5 Å². The van der Waals surface area contributed by atoms with Crippen LogP contribution in [0.4, 0.5) is 5.82 Å². The molecule has 1 atom stereocenters. The normalized spacial score (nSPS) is 19.6. The first kappa shape index (κ1) is 14.8. The molecular weight excluding hydrogens is 252 g/mol. The summed E-state index contributed by atoms with van der Waals surface area (Å²) in [5, 5.41) is 6.30. The zero-order valence-electron chi connectivity index (χ0n) is 12.7. The minimum atomic E-state index is -0.564. The van der Waals surface area contributed by atoms with Gasteiger partial charge in [0.1, 0.15) is 11.4 Å². The molecule has 110 valence electrons. The largest absolute Gasteiger partial charge is 0.352 e. The van der Waals surface area contributed by atoms with Crippen LogP contribution < -0.4 is 15.5 Å². The number of hydrogen-bond donors (Lipinski definition) is 2. The van der Waals surface area contributed by atoms with E-state index in [1.807, 2.05) is 26.1 Å². The number of aromatic nitrogens is 1. The Morgan fingerprint density at radius 3 is 3.00 bits per heavy atom. The second-order valence-corrected chi connectivity index (χ2v) is 5.69. The van der Waals surface area contributed by atoms with Crippen LogP contribution >= 0.6 is 0 Å². The molecule has 0 bridgehead atoms. The van der Waals surface area contributed by atoms with E-state index >= 15 is 0 Å². The second kappa shape index (κ2) is 5.79. The number of carbonyl (C=O) groups is 1. The quantitative estimate of drug-likeness (QED) is 0.874. The molecule has 0 saturated carbocycles. The number of rotatable bonds is 4. The molecule has 1 unspecified atom stereocenters. The van der Waals surface area contributed by atoms with Crippen LogP contribution in [0.5, 0.6) is 0 Å². The predicted molar refractivity (Wildman–Crippen MR) is 80.8 cm³/mol. The van der Waals surface area contributed by atoms with Crippen molar-refractivity contribution in [1.82, 2.24) is 15.6 Å². The Morgan fingerprint density at radius 1 is 1.55 bits per heavy atom. The zero-order chi connectivity index (χ0) is 14.8. The molecule has 0 aliphatic carbocycles. The van der Waals surface area contributed by atoms with E-state index in [4.69, 9.17) is 0 Å². The molecule has 0 aromatic carbocycles. The Hall–Kier alpha value is -1.62. The maximum Gasteiger partial charge on any atom is 0.245 e. The number of piperazine rings is 1. The third-order valence-corrected chi connectivity index (χ3v) is 3.91. The molecular formula is C15H24N4O. The van der Waals surface area contributed by atoms with Crippen LogP contribution in [0.1, 0.15) is 39.3 Å². The number of pyridine rings is 1. The molecule has 0 spiro atoms. The van der Waals surface area contributed by atoms with E-state index in [1.54, 1.807) is 0 Å². The zero-order valence-corrected chi connectivity index (χ0v) is 12.7. The van der Waals surface area contributed by atoms with Crippen LogP contribution in [0.3, 0.4) is 0 Å². The van der Waals surface area contributed by atoms with Crippen molar-refractivity contribution < 1.29 is 4.79 Å². The van der Waals surface area contributed by atoms with Crippen molar-refractivity contribution in [3.8, 4) is 0 Å². The van der Waals surface area contributed by atoms with Gasteiger partial charge in [-0.1, -0.05) is 6.92 Å². The molecule has 1 aromatic heterocycles. The molecule has 1 aliphatic rings. The van der Waals surface area contributed by atoms with Gasteiger partial charge in [-0.05, 0) is 45.0 Å². The summed E-state index contributed by atoms with van der Waals surface area (Å²) in [6.45, 7) is 10.5. The standard InChI is InChI=1S/C15H24N4O/c1-5-16-11(2)12-6-7-17-13(10-12)19-9-8-18-14(20)15(19,3)4/h6-7,10-11,16H,5,8-9H2,1-4H3,(H,18,20). The van der Waals surface area contributed by atoms with E-state index in [0.717, 1.165) is 18.9 Å². The monoisotopic (exact) mass is 276 g/mol. The van der Waals surface area contributed by atoms with Gasteiger partial charge in [-0.3, -0.25) is 4.79 Å². The summed E-state index contributed by atoms with van der Waals surface area (Å²) in [6, 6.07) is 4.38. The van der Waals surface area contributed by atoms with Crippen molar-refractivity contribution in [3.05, 3.63) is 23.9 Å². The maximum absolute atomic E-state index is 12.0. The molecule has 2 N–H and O–H groups in total. The Kier molecular flexibility index (Phi) is 4.28. The molecule has 1 aromatic rings. The maximum atomic E-state index is 12.0. The average Bonchev–Trinajstić information content (AvgIpc) is 2.42. The van der Waals surface area contributed by atoms with Gasteiger partial charge in [0.25, 0.3) is 0 Å². The number of nitrogens with zero attached hydrogens (tertiary/aromatic N) is 2. The summed E-state index contributed by atoms with van der Waals surface area (Å²) in [5.74, 6) is 0.919. The fourth-order valence-corrected chi connectivity index (χ4v) is 2.58. The van der Waals surface area contributed by atoms with Gasteiger partial charge < -0.3 is 15.5 Å². The Balaban J connectivity index is 2.28. The summed E-state index contributed by atoms with van der Waals surface area (Å²) in [4.78, 5) is 18.6. The lowest BCUT2D eigenvalue weighted by Crippen LogP contribution is -2.62. The fraction of sp³-hybridized carbons (Fsp3) is 0.600. The van der Waals surface area contributed by atoms with Gasteiger partial charge in [0, 0.05) is 25.3 Å². The summed E-state index contributed by atoms with van der Waals surface area (Å²) in [7, 11) is 0. The smallest absolute Gasteiger partial charge is 0.245 e. The molecule has 5 heteroatoms. The minimum Gasteiger partial charge on any atom is -0.352 e. The van der Waals surface area contributed by atoms with E-state index in [-0.39, 0.29) is 11.9 Å². The van der Waals surface area contributed by atoms with Gasteiger partial charge in [0.15, 0.2) is 0 Å². The van der Waals surface area contributed by atoms with E-state index in [0.29, 0.717) is 6.54 Å². The van der Waals surface area contributed by atoms with Crippen molar-refractivity contribution >= 4 is 11.7 Å². The molecule has 1 amide bonds. The van der Waals surface area contributed by atoms with E-state index < -0.39 is 5.54 Å². The van der Waals surface area contributed by atoms with Gasteiger partial charge in [0.05, 0.1) is 0 Å². The highest BCUT2D eigenvalue weighted by atomic mass is 16.2. The van der Waals surface area contributed by atoms with Crippen LogP contribution in [0.15, 0.2) is 18.3 Å². The molecule has 1 saturated heterocycles. The molecule has 1 aliphatic heterocycles. The number of amides is 1. The number of nitrogens with one attached hydrogen (secondary N) is 2. The lowest BCUT2D eigenvalue weighted by atomic mass is 9.98. The fourth-order valence-electron chi connectivity index (χ4n) is 2.58. The third kappa shape index (κ3) is 2.77. The summed E-state index contributed by atoms with van der Waals surface area (Å²) >= 11 is 0. The van der Waals surface area contributed by atoms with Crippen LogP contribution in [-0.2, 0) is 4.79 Å². The molecule has 0 radical (unpaired) electrons. The Labute approximate surface area is 120 Å². The van der Waals surface area contributed by atoms with Crippen molar-refractivity contribution in [2.45, 2.75) is 39.3 Å². The van der Waals surface area contributed by atoms with Gasteiger partial charge in [-0.25, -0.2) is 4.98 Å². The van der Waals surface area contributed by atoms with Crippen molar-refractivity contribution in [3.63, 3.8) is 0 Å². The first-order valence-electron chi connectivity index (χ1n) is 7.22. The number of anilines is 1. The first-order chi connectivity index (χ1) is 9.46. The molecule has 2 heterocycles. The number of hydrogen-bond acceptors (Lipinski definition) is 4. The summed E-state index contributed by atoms with van der Waals surface area (Å²) in [6.07, 6.45) is 1.82.